The van der Waals surface area contributed by atoms with Gasteiger partial charge in [-0.1, -0.05) is 18.2 Å². The minimum Gasteiger partial charge on any atom is -0.379 e. The van der Waals surface area contributed by atoms with Gasteiger partial charge in [-0.05, 0) is 17.5 Å². The molecule has 2 saturated heterocycles. The molecule has 2 nitrogen and oxygen atoms in total. The van der Waals surface area contributed by atoms with Crippen molar-refractivity contribution in [1.82, 2.24) is 5.32 Å². The first kappa shape index (κ1) is 9.31. The molecule has 2 heterocycles. The first-order chi connectivity index (χ1) is 7.33. The van der Waals surface area contributed by atoms with Gasteiger partial charge < -0.3 is 10.1 Å². The van der Waals surface area contributed by atoms with E-state index in [1.807, 2.05) is 12.1 Å². The fourth-order valence-electron chi connectivity index (χ4n) is 2.48. The van der Waals surface area contributed by atoms with Crippen LogP contribution in [0.3, 0.4) is 0 Å². The largest absolute Gasteiger partial charge is 0.379 e. The number of benzene rings is 1. The smallest absolute Gasteiger partial charge is 0.127 e. The minimum absolute atomic E-state index is 0.0589. The van der Waals surface area contributed by atoms with Gasteiger partial charge in [-0.2, -0.15) is 0 Å². The molecule has 0 spiro atoms. The lowest BCUT2D eigenvalue weighted by Gasteiger charge is -2.51. The molecule has 2 aliphatic heterocycles. The molecule has 0 unspecified atom stereocenters. The Morgan fingerprint density at radius 2 is 2.00 bits per heavy atom. The molecule has 2 aliphatic rings. The molecule has 0 aromatic heterocycles. The lowest BCUT2D eigenvalue weighted by Crippen LogP contribution is -2.63. The average Bonchev–Trinajstić information content (AvgIpc) is 2.09. The predicted molar refractivity (Wildman–Crippen MR) is 55.3 cm³/mol. The maximum absolute atomic E-state index is 13.8. The molecule has 1 aromatic rings. The second kappa shape index (κ2) is 3.29. The van der Waals surface area contributed by atoms with Crippen molar-refractivity contribution in [1.29, 1.82) is 0 Å². The highest BCUT2D eigenvalue weighted by molar-refractivity contribution is 5.32. The maximum Gasteiger partial charge on any atom is 0.127 e. The van der Waals surface area contributed by atoms with Gasteiger partial charge >= 0.3 is 0 Å². The van der Waals surface area contributed by atoms with E-state index in [-0.39, 0.29) is 11.2 Å². The molecule has 0 saturated carbocycles. The highest BCUT2D eigenvalue weighted by Gasteiger charge is 2.50. The Hall–Kier alpha value is -0.930. The van der Waals surface area contributed by atoms with E-state index in [0.717, 1.165) is 18.7 Å². The van der Waals surface area contributed by atoms with Gasteiger partial charge in [0, 0.05) is 13.1 Å². The number of rotatable bonds is 2. The molecule has 0 radical (unpaired) electrons. The van der Waals surface area contributed by atoms with Crippen molar-refractivity contribution in [2.45, 2.75) is 5.41 Å². The zero-order chi connectivity index (χ0) is 10.3. The van der Waals surface area contributed by atoms with E-state index >= 15 is 0 Å². The summed E-state index contributed by atoms with van der Waals surface area (Å²) >= 11 is 0. The summed E-state index contributed by atoms with van der Waals surface area (Å²) in [5.74, 6) is 0.441. The molecule has 0 bridgehead atoms. The molecular formula is C12H14FNO. The Balaban J connectivity index is 1.99. The van der Waals surface area contributed by atoms with Crippen molar-refractivity contribution in [2.75, 3.05) is 26.3 Å². The van der Waals surface area contributed by atoms with Crippen molar-refractivity contribution >= 4 is 0 Å². The number of hydrogen-bond donors (Lipinski definition) is 1. The van der Waals surface area contributed by atoms with Crippen molar-refractivity contribution < 1.29 is 9.13 Å². The average molecular weight is 207 g/mol. The quantitative estimate of drug-likeness (QED) is 0.789. The molecule has 80 valence electrons. The third kappa shape index (κ3) is 1.23. The van der Waals surface area contributed by atoms with Crippen molar-refractivity contribution in [3.8, 4) is 0 Å². The van der Waals surface area contributed by atoms with Gasteiger partial charge in [-0.25, -0.2) is 4.39 Å². The number of nitrogens with one attached hydrogen (secondary N) is 1. The summed E-state index contributed by atoms with van der Waals surface area (Å²) in [5.41, 5.74) is 0.777. The predicted octanol–water partition coefficient (Wildman–Crippen LogP) is 1.31. The monoisotopic (exact) mass is 207 g/mol. The van der Waals surface area contributed by atoms with Crippen LogP contribution in [0.25, 0.3) is 0 Å². The van der Waals surface area contributed by atoms with E-state index in [4.69, 9.17) is 4.74 Å². The van der Waals surface area contributed by atoms with E-state index in [1.165, 1.54) is 0 Å². The molecular weight excluding hydrogens is 193 g/mol. The second-order valence-electron chi connectivity index (χ2n) is 4.48. The Bertz CT molecular complexity index is 372. The summed E-state index contributed by atoms with van der Waals surface area (Å²) in [6.45, 7) is 3.30. The normalized spacial score (nSPS) is 24.3. The molecule has 3 heteroatoms. The van der Waals surface area contributed by atoms with E-state index in [1.54, 1.807) is 12.1 Å². The standard InChI is InChI=1S/C12H14FNO/c13-11-4-2-1-3-10(11)12(7-15-8-12)9-5-14-6-9/h1-4,9,14H,5-8H2. The fourth-order valence-corrected chi connectivity index (χ4v) is 2.48. The van der Waals surface area contributed by atoms with Crippen LogP contribution in [0.5, 0.6) is 0 Å². The van der Waals surface area contributed by atoms with Gasteiger partial charge in [0.2, 0.25) is 0 Å². The van der Waals surface area contributed by atoms with Crippen molar-refractivity contribution in [3.05, 3.63) is 35.6 Å². The molecule has 1 aromatic carbocycles. The van der Waals surface area contributed by atoms with Gasteiger partial charge in [-0.3, -0.25) is 0 Å². The molecule has 15 heavy (non-hydrogen) atoms. The lowest BCUT2D eigenvalue weighted by molar-refractivity contribution is -0.102. The molecule has 0 amide bonds. The van der Waals surface area contributed by atoms with Gasteiger partial charge in [-0.15, -0.1) is 0 Å². The SMILES string of the molecule is Fc1ccccc1C1(C2CNC2)COC1. The highest BCUT2D eigenvalue weighted by Crippen LogP contribution is 2.42. The zero-order valence-electron chi connectivity index (χ0n) is 8.50. The Kier molecular flexibility index (Phi) is 2.04. The summed E-state index contributed by atoms with van der Waals surface area (Å²) in [7, 11) is 0. The van der Waals surface area contributed by atoms with Crippen LogP contribution in [0.4, 0.5) is 4.39 Å². The van der Waals surface area contributed by atoms with Crippen LogP contribution in [0, 0.1) is 11.7 Å². The zero-order valence-corrected chi connectivity index (χ0v) is 8.50. The maximum atomic E-state index is 13.8. The molecule has 1 N–H and O–H groups in total. The van der Waals surface area contributed by atoms with Crippen LogP contribution in [0.2, 0.25) is 0 Å². The lowest BCUT2D eigenvalue weighted by atomic mass is 9.66. The Morgan fingerprint density at radius 3 is 2.47 bits per heavy atom. The number of halogens is 1. The molecule has 0 aliphatic carbocycles. The summed E-state index contributed by atoms with van der Waals surface area (Å²) in [6.07, 6.45) is 0. The highest BCUT2D eigenvalue weighted by atomic mass is 19.1. The van der Waals surface area contributed by atoms with Crippen LogP contribution in [0.15, 0.2) is 24.3 Å². The van der Waals surface area contributed by atoms with Crippen molar-refractivity contribution in [3.63, 3.8) is 0 Å². The summed E-state index contributed by atoms with van der Waals surface area (Å²) in [6, 6.07) is 7.09. The van der Waals surface area contributed by atoms with E-state index in [0.29, 0.717) is 19.1 Å². The first-order valence-corrected chi connectivity index (χ1v) is 5.36. The van der Waals surface area contributed by atoms with Crippen molar-refractivity contribution in [2.24, 2.45) is 5.92 Å². The van der Waals surface area contributed by atoms with Crippen LogP contribution in [-0.2, 0) is 10.2 Å². The topological polar surface area (TPSA) is 21.3 Å². The van der Waals surface area contributed by atoms with Gasteiger partial charge in [0.1, 0.15) is 5.82 Å². The third-order valence-corrected chi connectivity index (χ3v) is 3.69. The first-order valence-electron chi connectivity index (χ1n) is 5.36. The van der Waals surface area contributed by atoms with E-state index < -0.39 is 0 Å². The van der Waals surface area contributed by atoms with Crippen LogP contribution in [-0.4, -0.2) is 26.3 Å². The summed E-state index contributed by atoms with van der Waals surface area (Å²) in [5, 5.41) is 3.25. The number of hydrogen-bond acceptors (Lipinski definition) is 2. The Labute approximate surface area is 88.4 Å². The van der Waals surface area contributed by atoms with Gasteiger partial charge in [0.25, 0.3) is 0 Å². The minimum atomic E-state index is -0.0901. The number of ether oxygens (including phenoxy) is 1. The van der Waals surface area contributed by atoms with Crippen LogP contribution < -0.4 is 5.32 Å². The van der Waals surface area contributed by atoms with Gasteiger partial charge in [0.05, 0.1) is 18.6 Å². The second-order valence-corrected chi connectivity index (χ2v) is 4.48. The fraction of sp³-hybridized carbons (Fsp3) is 0.500. The molecule has 0 atom stereocenters. The molecule has 3 rings (SSSR count). The third-order valence-electron chi connectivity index (χ3n) is 3.69. The van der Waals surface area contributed by atoms with E-state index in [2.05, 4.69) is 5.32 Å². The Morgan fingerprint density at radius 1 is 1.27 bits per heavy atom. The summed E-state index contributed by atoms with van der Waals surface area (Å²) < 4.78 is 19.1. The van der Waals surface area contributed by atoms with Gasteiger partial charge in [0.15, 0.2) is 0 Å². The van der Waals surface area contributed by atoms with Crippen LogP contribution >= 0.6 is 0 Å². The van der Waals surface area contributed by atoms with Crippen LogP contribution in [0.1, 0.15) is 5.56 Å². The molecule has 2 fully saturated rings. The summed E-state index contributed by atoms with van der Waals surface area (Å²) in [4.78, 5) is 0. The van der Waals surface area contributed by atoms with E-state index in [9.17, 15) is 4.39 Å².